The van der Waals surface area contributed by atoms with Crippen LogP contribution in [0.25, 0.3) is 0 Å². The van der Waals surface area contributed by atoms with E-state index < -0.39 is 5.41 Å². The molecule has 0 atom stereocenters. The molecule has 19 heavy (non-hydrogen) atoms. The molecule has 1 heterocycles. The van der Waals surface area contributed by atoms with E-state index in [2.05, 4.69) is 21.2 Å². The van der Waals surface area contributed by atoms with Gasteiger partial charge in [-0.3, -0.25) is 4.79 Å². The molecule has 1 N–H and O–H groups in total. The van der Waals surface area contributed by atoms with Crippen LogP contribution in [-0.4, -0.2) is 19.6 Å². The Hall–Kier alpha value is -1.23. The minimum atomic E-state index is -0.469. The summed E-state index contributed by atoms with van der Waals surface area (Å²) in [5.74, 6) is 1.25. The Balaban J connectivity index is 2.45. The Labute approximate surface area is 121 Å². The molecule has 1 aliphatic rings. The maximum Gasteiger partial charge on any atom is 0.229 e. The van der Waals surface area contributed by atoms with E-state index in [4.69, 9.17) is 9.47 Å². The summed E-state index contributed by atoms with van der Waals surface area (Å²) in [4.78, 5) is 12.2. The molecule has 1 aromatic carbocycles. The van der Waals surface area contributed by atoms with Gasteiger partial charge >= 0.3 is 0 Å². The van der Waals surface area contributed by atoms with Gasteiger partial charge in [-0.25, -0.2) is 0 Å². The molecule has 0 fully saturated rings. The molecule has 1 aromatic rings. The number of hydrogen-bond donors (Lipinski definition) is 1. The van der Waals surface area contributed by atoms with Crippen molar-refractivity contribution in [3.8, 4) is 11.5 Å². The highest BCUT2D eigenvalue weighted by atomic mass is 79.9. The van der Waals surface area contributed by atoms with Crippen molar-refractivity contribution in [3.63, 3.8) is 0 Å². The molecule has 104 valence electrons. The van der Waals surface area contributed by atoms with Gasteiger partial charge in [-0.15, -0.1) is 0 Å². The van der Waals surface area contributed by atoms with Crippen molar-refractivity contribution < 1.29 is 14.3 Å². The molecule has 5 heteroatoms. The third-order valence-corrected chi connectivity index (χ3v) is 3.74. The fraction of sp³-hybridized carbons (Fsp3) is 0.500. The minimum absolute atomic E-state index is 0.0641. The molecule has 2 rings (SSSR count). The first-order valence-corrected chi connectivity index (χ1v) is 6.97. The molecule has 1 aliphatic heterocycles. The molecular weight excluding hydrogens is 310 g/mol. The molecule has 0 saturated heterocycles. The zero-order valence-corrected chi connectivity index (χ0v) is 13.2. The largest absolute Gasteiger partial charge is 0.494 e. The smallest absolute Gasteiger partial charge is 0.229 e. The first kappa shape index (κ1) is 14.2. The monoisotopic (exact) mass is 327 g/mol. The van der Waals surface area contributed by atoms with E-state index in [0.29, 0.717) is 23.8 Å². The summed E-state index contributed by atoms with van der Waals surface area (Å²) in [5.41, 5.74) is 1.23. The lowest BCUT2D eigenvalue weighted by molar-refractivity contribution is -0.123. The number of methoxy groups -OCH3 is 1. The predicted octanol–water partition coefficient (Wildman–Crippen LogP) is 3.38. The van der Waals surface area contributed by atoms with Crippen molar-refractivity contribution in [2.45, 2.75) is 27.2 Å². The second-order valence-corrected chi connectivity index (χ2v) is 6.40. The molecule has 0 saturated carbocycles. The zero-order valence-electron chi connectivity index (χ0n) is 11.6. The number of amides is 1. The number of carbonyl (C=O) groups is 1. The minimum Gasteiger partial charge on any atom is -0.494 e. The highest BCUT2D eigenvalue weighted by Gasteiger charge is 2.28. The van der Waals surface area contributed by atoms with Crippen molar-refractivity contribution in [2.75, 3.05) is 19.0 Å². The Morgan fingerprint density at radius 1 is 1.47 bits per heavy atom. The zero-order chi connectivity index (χ0) is 14.2. The number of hydrogen-bond acceptors (Lipinski definition) is 3. The summed E-state index contributed by atoms with van der Waals surface area (Å²) < 4.78 is 11.9. The molecule has 4 nitrogen and oxygen atoms in total. The fourth-order valence-corrected chi connectivity index (χ4v) is 2.46. The van der Waals surface area contributed by atoms with Crippen LogP contribution < -0.4 is 14.8 Å². The maximum absolute atomic E-state index is 12.2. The lowest BCUT2D eigenvalue weighted by Crippen LogP contribution is -2.28. The molecule has 0 unspecified atom stereocenters. The van der Waals surface area contributed by atoms with Gasteiger partial charge in [-0.05, 0) is 6.07 Å². The number of anilines is 1. The molecule has 0 spiro atoms. The number of fused-ring (bicyclic) bond motifs is 1. The summed E-state index contributed by atoms with van der Waals surface area (Å²) >= 11 is 3.51. The van der Waals surface area contributed by atoms with E-state index in [1.54, 1.807) is 7.11 Å². The van der Waals surface area contributed by atoms with Gasteiger partial charge in [0.2, 0.25) is 5.91 Å². The number of carbonyl (C=O) groups excluding carboxylic acids is 1. The topological polar surface area (TPSA) is 47.6 Å². The summed E-state index contributed by atoms with van der Waals surface area (Å²) in [7, 11) is 1.58. The van der Waals surface area contributed by atoms with Crippen LogP contribution in [-0.2, 0) is 11.2 Å². The van der Waals surface area contributed by atoms with Crippen LogP contribution in [0, 0.1) is 5.41 Å². The highest BCUT2D eigenvalue weighted by molar-refractivity contribution is 9.10. The van der Waals surface area contributed by atoms with Gasteiger partial charge in [0.15, 0.2) is 5.75 Å². The van der Waals surface area contributed by atoms with E-state index in [0.717, 1.165) is 16.5 Å². The van der Waals surface area contributed by atoms with Gasteiger partial charge < -0.3 is 14.8 Å². The van der Waals surface area contributed by atoms with E-state index in [-0.39, 0.29) is 5.91 Å². The maximum atomic E-state index is 12.2. The highest BCUT2D eigenvalue weighted by Crippen LogP contribution is 2.45. The van der Waals surface area contributed by atoms with Crippen LogP contribution in [0.4, 0.5) is 5.69 Å². The summed E-state index contributed by atoms with van der Waals surface area (Å²) in [6, 6.07) is 1.87. The molecule has 0 radical (unpaired) electrons. The SMILES string of the molecule is COc1cc(Br)c2c(c1NC(=O)C(C)(C)C)OCC2. The quantitative estimate of drug-likeness (QED) is 0.905. The van der Waals surface area contributed by atoms with E-state index >= 15 is 0 Å². The standard InChI is InChI=1S/C14H18BrNO3/c1-14(2,3)13(17)16-11-10(18-4)7-9(15)8-5-6-19-12(8)11/h7H,5-6H2,1-4H3,(H,16,17). The summed E-state index contributed by atoms with van der Waals surface area (Å²) in [6.07, 6.45) is 0.832. The average Bonchev–Trinajstić information content (AvgIpc) is 2.80. The van der Waals surface area contributed by atoms with Gasteiger partial charge in [-0.1, -0.05) is 36.7 Å². The molecule has 0 aliphatic carbocycles. The summed E-state index contributed by atoms with van der Waals surface area (Å²) in [5, 5.41) is 2.92. The van der Waals surface area contributed by atoms with Crippen LogP contribution in [0.1, 0.15) is 26.3 Å². The Morgan fingerprint density at radius 2 is 2.16 bits per heavy atom. The second-order valence-electron chi connectivity index (χ2n) is 5.55. The third-order valence-electron chi connectivity index (χ3n) is 3.03. The molecule has 0 bridgehead atoms. The van der Waals surface area contributed by atoms with Crippen molar-refractivity contribution in [1.29, 1.82) is 0 Å². The van der Waals surface area contributed by atoms with Gasteiger partial charge in [0.25, 0.3) is 0 Å². The number of benzene rings is 1. The Bertz CT molecular complexity index is 520. The van der Waals surface area contributed by atoms with E-state index in [9.17, 15) is 4.79 Å². The number of ether oxygens (including phenoxy) is 2. The van der Waals surface area contributed by atoms with Crippen molar-refractivity contribution in [2.24, 2.45) is 5.41 Å². The fourth-order valence-electron chi connectivity index (χ4n) is 1.87. The lowest BCUT2D eigenvalue weighted by atomic mass is 9.95. The van der Waals surface area contributed by atoms with Crippen LogP contribution in [0.15, 0.2) is 10.5 Å². The summed E-state index contributed by atoms with van der Waals surface area (Å²) in [6.45, 7) is 6.23. The normalized spacial score (nSPS) is 13.7. The number of rotatable bonds is 2. The van der Waals surface area contributed by atoms with Crippen LogP contribution in [0.5, 0.6) is 11.5 Å². The van der Waals surface area contributed by atoms with Crippen LogP contribution in [0.3, 0.4) is 0 Å². The number of halogens is 1. The predicted molar refractivity (Wildman–Crippen MR) is 78.0 cm³/mol. The lowest BCUT2D eigenvalue weighted by Gasteiger charge is -2.21. The van der Waals surface area contributed by atoms with Crippen LogP contribution >= 0.6 is 15.9 Å². The number of nitrogens with one attached hydrogen (secondary N) is 1. The van der Waals surface area contributed by atoms with E-state index in [1.165, 1.54) is 0 Å². The first-order chi connectivity index (χ1) is 8.84. The Morgan fingerprint density at radius 3 is 2.74 bits per heavy atom. The molecule has 0 aromatic heterocycles. The van der Waals surface area contributed by atoms with Gasteiger partial charge in [0, 0.05) is 21.9 Å². The van der Waals surface area contributed by atoms with Crippen molar-refractivity contribution >= 4 is 27.5 Å². The molecular formula is C14H18BrNO3. The first-order valence-electron chi connectivity index (χ1n) is 6.18. The van der Waals surface area contributed by atoms with Crippen molar-refractivity contribution in [1.82, 2.24) is 0 Å². The third kappa shape index (κ3) is 2.71. The molecule has 1 amide bonds. The van der Waals surface area contributed by atoms with E-state index in [1.807, 2.05) is 26.8 Å². The average molecular weight is 328 g/mol. The van der Waals surface area contributed by atoms with Gasteiger partial charge in [-0.2, -0.15) is 0 Å². The second kappa shape index (κ2) is 5.04. The van der Waals surface area contributed by atoms with Gasteiger partial charge in [0.1, 0.15) is 11.4 Å². The van der Waals surface area contributed by atoms with Crippen LogP contribution in [0.2, 0.25) is 0 Å². The van der Waals surface area contributed by atoms with Crippen molar-refractivity contribution in [3.05, 3.63) is 16.1 Å². The van der Waals surface area contributed by atoms with Gasteiger partial charge in [0.05, 0.1) is 13.7 Å². The Kier molecular flexibility index (Phi) is 3.76.